The highest BCUT2D eigenvalue weighted by Gasteiger charge is 2.12. The van der Waals surface area contributed by atoms with Gasteiger partial charge in [0.1, 0.15) is 0 Å². The molecule has 0 atom stereocenters. The number of likely N-dealkylation sites (N-methyl/N-ethyl adjacent to an activating group) is 1. The number of para-hydroxylation sites is 1. The van der Waals surface area contributed by atoms with E-state index in [2.05, 4.69) is 48.6 Å². The Balaban J connectivity index is 0.00000450. The SMILES string of the molecule is CCNC(=NCc1c(C)nn(-c2ccccc2)c1C)NCCN(C)CCCOC.I. The van der Waals surface area contributed by atoms with Crippen LogP contribution < -0.4 is 10.6 Å². The summed E-state index contributed by atoms with van der Waals surface area (Å²) < 4.78 is 7.11. The Morgan fingerprint density at radius 2 is 1.90 bits per heavy atom. The molecule has 0 fully saturated rings. The monoisotopic (exact) mass is 528 g/mol. The van der Waals surface area contributed by atoms with Crippen molar-refractivity contribution in [2.75, 3.05) is 46.9 Å². The standard InChI is InChI=1S/C22H36N6O.HI/c1-6-23-22(24-13-15-27(4)14-10-16-29-5)25-17-21-18(2)26-28(19(21)3)20-11-8-7-9-12-20;/h7-9,11-12H,6,10,13-17H2,1-5H3,(H2,23,24,25);1H. The summed E-state index contributed by atoms with van der Waals surface area (Å²) in [5.41, 5.74) is 4.39. The maximum Gasteiger partial charge on any atom is 0.191 e. The van der Waals surface area contributed by atoms with Crippen LogP contribution in [0.1, 0.15) is 30.3 Å². The van der Waals surface area contributed by atoms with E-state index in [0.717, 1.165) is 62.2 Å². The molecule has 0 aliphatic heterocycles. The first kappa shape index (κ1) is 26.4. The van der Waals surface area contributed by atoms with Crippen LogP contribution in [0.2, 0.25) is 0 Å². The van der Waals surface area contributed by atoms with E-state index in [-0.39, 0.29) is 24.0 Å². The Kier molecular flexibility index (Phi) is 12.6. The second kappa shape index (κ2) is 14.4. The number of guanidine groups is 1. The van der Waals surface area contributed by atoms with E-state index < -0.39 is 0 Å². The topological polar surface area (TPSA) is 66.7 Å². The number of benzene rings is 1. The summed E-state index contributed by atoms with van der Waals surface area (Å²) >= 11 is 0. The summed E-state index contributed by atoms with van der Waals surface area (Å²) in [6, 6.07) is 10.2. The Morgan fingerprint density at radius 3 is 2.57 bits per heavy atom. The molecular formula is C22H37IN6O. The number of hydrogen-bond donors (Lipinski definition) is 2. The Labute approximate surface area is 198 Å². The largest absolute Gasteiger partial charge is 0.385 e. The molecule has 1 heterocycles. The van der Waals surface area contributed by atoms with Crippen LogP contribution in [0.25, 0.3) is 5.69 Å². The van der Waals surface area contributed by atoms with Crippen LogP contribution in [0.3, 0.4) is 0 Å². The van der Waals surface area contributed by atoms with Crippen molar-refractivity contribution in [2.45, 2.75) is 33.7 Å². The van der Waals surface area contributed by atoms with E-state index in [4.69, 9.17) is 14.8 Å². The van der Waals surface area contributed by atoms with E-state index in [0.29, 0.717) is 6.54 Å². The molecule has 2 aromatic rings. The lowest BCUT2D eigenvalue weighted by atomic mass is 10.2. The maximum atomic E-state index is 5.11. The molecule has 0 saturated heterocycles. The second-order valence-corrected chi connectivity index (χ2v) is 7.17. The minimum atomic E-state index is 0. The number of halogens is 1. The van der Waals surface area contributed by atoms with Gasteiger partial charge in [0.2, 0.25) is 0 Å². The average Bonchev–Trinajstić information content (AvgIpc) is 3.00. The van der Waals surface area contributed by atoms with Crippen molar-refractivity contribution in [1.29, 1.82) is 0 Å². The number of aromatic nitrogens is 2. The van der Waals surface area contributed by atoms with E-state index in [1.54, 1.807) is 7.11 Å². The van der Waals surface area contributed by atoms with Crippen molar-refractivity contribution in [1.82, 2.24) is 25.3 Å². The van der Waals surface area contributed by atoms with Gasteiger partial charge < -0.3 is 20.3 Å². The lowest BCUT2D eigenvalue weighted by Crippen LogP contribution is -2.41. The number of nitrogens with one attached hydrogen (secondary N) is 2. The third-order valence-electron chi connectivity index (χ3n) is 4.86. The van der Waals surface area contributed by atoms with Crippen molar-refractivity contribution < 1.29 is 4.74 Å². The minimum absolute atomic E-state index is 0. The second-order valence-electron chi connectivity index (χ2n) is 7.17. The van der Waals surface area contributed by atoms with Gasteiger partial charge in [0, 0.05) is 51.2 Å². The van der Waals surface area contributed by atoms with Crippen LogP contribution in [0.5, 0.6) is 0 Å². The van der Waals surface area contributed by atoms with Gasteiger partial charge in [-0.2, -0.15) is 5.10 Å². The molecule has 0 spiro atoms. The summed E-state index contributed by atoms with van der Waals surface area (Å²) in [6.07, 6.45) is 1.05. The molecule has 1 aromatic carbocycles. The third-order valence-corrected chi connectivity index (χ3v) is 4.86. The molecule has 8 heteroatoms. The van der Waals surface area contributed by atoms with Crippen LogP contribution in [0.4, 0.5) is 0 Å². The fourth-order valence-corrected chi connectivity index (χ4v) is 3.18. The average molecular weight is 528 g/mol. The minimum Gasteiger partial charge on any atom is -0.385 e. The smallest absolute Gasteiger partial charge is 0.191 e. The highest BCUT2D eigenvalue weighted by molar-refractivity contribution is 14.0. The molecule has 0 radical (unpaired) electrons. The Hall–Kier alpha value is -1.65. The lowest BCUT2D eigenvalue weighted by molar-refractivity contribution is 0.180. The fourth-order valence-electron chi connectivity index (χ4n) is 3.18. The van der Waals surface area contributed by atoms with Crippen molar-refractivity contribution >= 4 is 29.9 Å². The zero-order chi connectivity index (χ0) is 21.1. The van der Waals surface area contributed by atoms with Gasteiger partial charge in [-0.3, -0.25) is 0 Å². The highest BCUT2D eigenvalue weighted by atomic mass is 127. The van der Waals surface area contributed by atoms with Crippen LogP contribution in [-0.4, -0.2) is 67.6 Å². The van der Waals surface area contributed by atoms with Gasteiger partial charge in [-0.1, -0.05) is 18.2 Å². The number of rotatable bonds is 11. The molecule has 168 valence electrons. The Morgan fingerprint density at radius 1 is 1.17 bits per heavy atom. The Bertz CT molecular complexity index is 762. The zero-order valence-corrected chi connectivity index (χ0v) is 21.3. The molecule has 0 aliphatic carbocycles. The van der Waals surface area contributed by atoms with Gasteiger partial charge in [-0.15, -0.1) is 24.0 Å². The predicted octanol–water partition coefficient (Wildman–Crippen LogP) is 3.13. The molecule has 0 bridgehead atoms. The lowest BCUT2D eigenvalue weighted by Gasteiger charge is -2.18. The van der Waals surface area contributed by atoms with Crippen LogP contribution in [0.15, 0.2) is 35.3 Å². The molecule has 1 aromatic heterocycles. The predicted molar refractivity (Wildman–Crippen MR) is 135 cm³/mol. The number of aliphatic imine (C=N–C) groups is 1. The van der Waals surface area contributed by atoms with Gasteiger partial charge in [0.25, 0.3) is 0 Å². The summed E-state index contributed by atoms with van der Waals surface area (Å²) in [4.78, 5) is 7.09. The van der Waals surface area contributed by atoms with E-state index in [9.17, 15) is 0 Å². The maximum absolute atomic E-state index is 5.11. The number of hydrogen-bond acceptors (Lipinski definition) is 4. The number of ether oxygens (including phenoxy) is 1. The third kappa shape index (κ3) is 8.23. The summed E-state index contributed by atoms with van der Waals surface area (Å²) in [6.45, 7) is 11.3. The van der Waals surface area contributed by atoms with E-state index in [1.165, 1.54) is 5.56 Å². The highest BCUT2D eigenvalue weighted by Crippen LogP contribution is 2.18. The number of aryl methyl sites for hydroxylation is 1. The molecule has 0 amide bonds. The fraction of sp³-hybridized carbons (Fsp3) is 0.545. The molecular weight excluding hydrogens is 491 g/mol. The zero-order valence-electron chi connectivity index (χ0n) is 18.9. The quantitative estimate of drug-likeness (QED) is 0.203. The van der Waals surface area contributed by atoms with Gasteiger partial charge in [0.05, 0.1) is 17.9 Å². The van der Waals surface area contributed by atoms with Crippen molar-refractivity contribution in [2.24, 2.45) is 4.99 Å². The van der Waals surface area contributed by atoms with Gasteiger partial charge in [-0.25, -0.2) is 9.67 Å². The molecule has 2 N–H and O–H groups in total. The molecule has 7 nitrogen and oxygen atoms in total. The molecule has 2 rings (SSSR count). The number of nitrogens with zero attached hydrogens (tertiary/aromatic N) is 4. The summed E-state index contributed by atoms with van der Waals surface area (Å²) in [7, 11) is 3.87. The van der Waals surface area contributed by atoms with Gasteiger partial charge in [-0.05, 0) is 46.4 Å². The van der Waals surface area contributed by atoms with Crippen molar-refractivity contribution in [3.63, 3.8) is 0 Å². The van der Waals surface area contributed by atoms with Gasteiger partial charge in [0.15, 0.2) is 5.96 Å². The number of methoxy groups -OCH3 is 1. The van der Waals surface area contributed by atoms with Crippen LogP contribution in [-0.2, 0) is 11.3 Å². The van der Waals surface area contributed by atoms with Crippen molar-refractivity contribution in [3.8, 4) is 5.69 Å². The van der Waals surface area contributed by atoms with Crippen LogP contribution in [0, 0.1) is 13.8 Å². The van der Waals surface area contributed by atoms with E-state index >= 15 is 0 Å². The molecule has 0 aliphatic rings. The molecule has 0 unspecified atom stereocenters. The first-order valence-electron chi connectivity index (χ1n) is 10.4. The normalized spacial score (nSPS) is 11.5. The summed E-state index contributed by atoms with van der Waals surface area (Å²) in [5.74, 6) is 0.837. The molecule has 30 heavy (non-hydrogen) atoms. The summed E-state index contributed by atoms with van der Waals surface area (Å²) in [5, 5.41) is 11.5. The van der Waals surface area contributed by atoms with Crippen molar-refractivity contribution in [3.05, 3.63) is 47.3 Å². The molecule has 0 saturated carbocycles. The first-order chi connectivity index (χ1) is 14.1. The first-order valence-corrected chi connectivity index (χ1v) is 10.4. The van der Waals surface area contributed by atoms with Crippen LogP contribution >= 0.6 is 24.0 Å². The van der Waals surface area contributed by atoms with E-state index in [1.807, 2.05) is 29.8 Å². The van der Waals surface area contributed by atoms with Gasteiger partial charge >= 0.3 is 0 Å².